The molecule has 1 aliphatic heterocycles. The first-order chi connectivity index (χ1) is 40.3. The van der Waals surface area contributed by atoms with E-state index in [4.69, 9.17) is 33.2 Å². The Hall–Kier alpha value is -8.30. The number of ether oxygens (including phenoxy) is 7. The van der Waals surface area contributed by atoms with Crippen LogP contribution in [0.2, 0.25) is 0 Å². The number of nitrogens with zero attached hydrogens (tertiary/aromatic N) is 3. The summed E-state index contributed by atoms with van der Waals surface area (Å²) in [6, 6.07) is 31.6. The number of unbranched alkanes of at least 4 members (excludes halogenated alkanes) is 1. The molecular weight excluding hydrogens is 1080 g/mol. The quantitative estimate of drug-likeness (QED) is 0.0229. The topological polar surface area (TPSA) is 253 Å². The highest BCUT2D eigenvalue weighted by atomic mass is 16.7. The van der Waals surface area contributed by atoms with Crippen molar-refractivity contribution in [2.75, 3.05) is 39.4 Å². The molecule has 7 rings (SSSR count). The van der Waals surface area contributed by atoms with Gasteiger partial charge in [-0.25, -0.2) is 28.7 Å². The second-order valence-corrected chi connectivity index (χ2v) is 22.7. The maximum atomic E-state index is 14.7. The number of alkyl carbamates (subject to hydrolysis) is 2. The summed E-state index contributed by atoms with van der Waals surface area (Å²) in [6.07, 6.45) is 1.53. The molecule has 450 valence electrons. The standard InChI is InChI=1S/C63H79N7O14/c1-62(2,3)83-54(71)36-65-56(72)53(35-45-37-70(42-66-45)61(77)84-63(4,5)6)67-57(73)52(68-59(75)80-41-51-49-27-15-13-25-47(49)48-26-14-16-28-50(48)51)29-17-19-33-69(60(76)81-40-44-23-11-8-12-24-44)38-46(82-55-30-18-20-34-78-55)31-32-64-58(74)79-39-43-21-9-7-10-22-43/h7-16,21-28,37,42,46,51-53,55H,17-20,29-36,38-41H2,1-6H3,(H,64,74)(H,65,72)(H,67,73)(H,68,75)/t46-,52+,53+,55?/m1/s1. The average molecular weight is 1160 g/mol. The van der Waals surface area contributed by atoms with Gasteiger partial charge in [0.2, 0.25) is 11.8 Å². The monoisotopic (exact) mass is 1160 g/mol. The van der Waals surface area contributed by atoms with E-state index in [9.17, 15) is 33.6 Å². The number of nitrogens with one attached hydrogen (secondary N) is 4. The van der Waals surface area contributed by atoms with Gasteiger partial charge in [0.15, 0.2) is 6.29 Å². The molecule has 5 amide bonds. The number of amides is 5. The van der Waals surface area contributed by atoms with E-state index in [1.54, 1.807) is 41.5 Å². The van der Waals surface area contributed by atoms with Crippen molar-refractivity contribution in [2.24, 2.45) is 0 Å². The zero-order chi connectivity index (χ0) is 60.1. The van der Waals surface area contributed by atoms with Gasteiger partial charge >= 0.3 is 30.3 Å². The molecule has 4 N–H and O–H groups in total. The lowest BCUT2D eigenvalue weighted by atomic mass is 9.98. The van der Waals surface area contributed by atoms with Crippen LogP contribution < -0.4 is 21.3 Å². The van der Waals surface area contributed by atoms with Gasteiger partial charge < -0.3 is 59.3 Å². The maximum absolute atomic E-state index is 14.7. The summed E-state index contributed by atoms with van der Waals surface area (Å²) in [5, 5.41) is 10.8. The molecule has 84 heavy (non-hydrogen) atoms. The molecule has 2 aliphatic rings. The molecule has 4 atom stereocenters. The van der Waals surface area contributed by atoms with E-state index in [1.807, 2.05) is 109 Å². The second kappa shape index (κ2) is 30.8. The van der Waals surface area contributed by atoms with Crippen molar-refractivity contribution in [3.8, 4) is 11.1 Å². The second-order valence-electron chi connectivity index (χ2n) is 22.7. The molecule has 0 saturated carbocycles. The molecule has 0 spiro atoms. The number of aromatic nitrogens is 2. The van der Waals surface area contributed by atoms with Crippen LogP contribution in [-0.4, -0.2) is 132 Å². The molecule has 21 nitrogen and oxygen atoms in total. The van der Waals surface area contributed by atoms with Crippen molar-refractivity contribution in [1.82, 2.24) is 35.7 Å². The molecule has 1 unspecified atom stereocenters. The minimum absolute atomic E-state index is 0.00664. The fourth-order valence-corrected chi connectivity index (χ4v) is 9.59. The zero-order valence-corrected chi connectivity index (χ0v) is 48.8. The molecule has 1 aliphatic carbocycles. The number of hydrogen-bond donors (Lipinski definition) is 4. The first kappa shape index (κ1) is 63.3. The largest absolute Gasteiger partial charge is 0.459 e. The van der Waals surface area contributed by atoms with E-state index >= 15 is 0 Å². The van der Waals surface area contributed by atoms with Gasteiger partial charge in [-0.3, -0.25) is 14.4 Å². The molecule has 1 aromatic heterocycles. The van der Waals surface area contributed by atoms with Crippen molar-refractivity contribution >= 4 is 42.2 Å². The maximum Gasteiger partial charge on any atom is 0.419 e. The van der Waals surface area contributed by atoms with Crippen LogP contribution in [0.1, 0.15) is 120 Å². The Morgan fingerprint density at radius 2 is 1.31 bits per heavy atom. The lowest BCUT2D eigenvalue weighted by Crippen LogP contribution is -2.55. The first-order valence-corrected chi connectivity index (χ1v) is 28.6. The van der Waals surface area contributed by atoms with E-state index in [2.05, 4.69) is 26.3 Å². The van der Waals surface area contributed by atoms with E-state index in [-0.39, 0.29) is 83.2 Å². The van der Waals surface area contributed by atoms with Crippen LogP contribution in [0.3, 0.4) is 0 Å². The minimum Gasteiger partial charge on any atom is -0.459 e. The third kappa shape index (κ3) is 20.5. The zero-order valence-electron chi connectivity index (χ0n) is 48.8. The van der Waals surface area contributed by atoms with Gasteiger partial charge in [-0.05, 0) is 120 Å². The number of hydrogen-bond acceptors (Lipinski definition) is 15. The molecule has 0 bridgehead atoms. The summed E-state index contributed by atoms with van der Waals surface area (Å²) in [7, 11) is 0. The average Bonchev–Trinajstić information content (AvgIpc) is 3.87. The lowest BCUT2D eigenvalue weighted by molar-refractivity contribution is -0.191. The highest BCUT2D eigenvalue weighted by Gasteiger charge is 2.33. The number of fused-ring (bicyclic) bond motifs is 3. The SMILES string of the molecule is CC(C)(C)OC(=O)CNC(=O)[C@H](Cc1cn(C(=O)OC(C)(C)C)cn1)NC(=O)[C@H](CCCCN(C[C@@H](CCNC(=O)OCc1ccccc1)OC1CCCCO1)C(=O)OCc1ccccc1)NC(=O)OCC1c2ccccc2-c2ccccc21. The van der Waals surface area contributed by atoms with Crippen LogP contribution in [0.15, 0.2) is 122 Å². The Balaban J connectivity index is 1.09. The number of rotatable bonds is 26. The van der Waals surface area contributed by atoms with Gasteiger partial charge in [0.25, 0.3) is 0 Å². The van der Waals surface area contributed by atoms with Crippen LogP contribution in [0.4, 0.5) is 19.2 Å². The van der Waals surface area contributed by atoms with Crippen LogP contribution in [0.5, 0.6) is 0 Å². The fraction of sp³-hybridized carbons (Fsp3) is 0.460. The van der Waals surface area contributed by atoms with E-state index in [0.29, 0.717) is 13.0 Å². The predicted molar refractivity (Wildman–Crippen MR) is 310 cm³/mol. The van der Waals surface area contributed by atoms with Crippen molar-refractivity contribution in [1.29, 1.82) is 0 Å². The molecule has 2 heterocycles. The van der Waals surface area contributed by atoms with Crippen LogP contribution in [-0.2, 0) is 67.2 Å². The highest BCUT2D eigenvalue weighted by Crippen LogP contribution is 2.44. The van der Waals surface area contributed by atoms with Gasteiger partial charge in [-0.2, -0.15) is 0 Å². The Kier molecular flexibility index (Phi) is 23.2. The third-order valence-corrected chi connectivity index (χ3v) is 13.6. The Morgan fingerprint density at radius 1 is 0.679 bits per heavy atom. The normalized spacial score (nSPS) is 15.0. The van der Waals surface area contributed by atoms with Crippen molar-refractivity contribution in [3.05, 3.63) is 150 Å². The van der Waals surface area contributed by atoms with Crippen molar-refractivity contribution in [3.63, 3.8) is 0 Å². The number of carbonyl (C=O) groups is 7. The Labute approximate surface area is 490 Å². The number of imidazole rings is 1. The predicted octanol–water partition coefficient (Wildman–Crippen LogP) is 9.10. The summed E-state index contributed by atoms with van der Waals surface area (Å²) in [6.45, 7) is 10.5. The smallest absolute Gasteiger partial charge is 0.419 e. The van der Waals surface area contributed by atoms with E-state index in [0.717, 1.165) is 50.8 Å². The van der Waals surface area contributed by atoms with Crippen LogP contribution in [0, 0.1) is 0 Å². The van der Waals surface area contributed by atoms with E-state index in [1.165, 1.54) is 17.4 Å². The number of esters is 1. The molecular formula is C63H79N7O14. The minimum atomic E-state index is -1.39. The summed E-state index contributed by atoms with van der Waals surface area (Å²) in [4.78, 5) is 101. The third-order valence-electron chi connectivity index (χ3n) is 13.6. The summed E-state index contributed by atoms with van der Waals surface area (Å²) < 4.78 is 41.6. The molecule has 1 saturated heterocycles. The molecule has 21 heteroatoms. The molecule has 1 fully saturated rings. The molecule has 5 aromatic rings. The number of carbonyl (C=O) groups excluding carboxylic acids is 7. The first-order valence-electron chi connectivity index (χ1n) is 28.6. The fourth-order valence-electron chi connectivity index (χ4n) is 9.59. The van der Waals surface area contributed by atoms with Gasteiger partial charge in [0, 0.05) is 38.2 Å². The van der Waals surface area contributed by atoms with Gasteiger partial charge in [-0.1, -0.05) is 109 Å². The summed E-state index contributed by atoms with van der Waals surface area (Å²) in [5.74, 6) is -2.56. The van der Waals surface area contributed by atoms with Gasteiger partial charge in [0.05, 0.1) is 18.3 Å². The summed E-state index contributed by atoms with van der Waals surface area (Å²) in [5.41, 5.74) is 4.18. The lowest BCUT2D eigenvalue weighted by Gasteiger charge is -2.31. The van der Waals surface area contributed by atoms with Crippen LogP contribution >= 0.6 is 0 Å². The van der Waals surface area contributed by atoms with Gasteiger partial charge in [0.1, 0.15) is 56.0 Å². The summed E-state index contributed by atoms with van der Waals surface area (Å²) >= 11 is 0. The Bertz CT molecular complexity index is 2930. The number of benzene rings is 4. The van der Waals surface area contributed by atoms with Crippen molar-refractivity contribution in [2.45, 2.75) is 148 Å². The van der Waals surface area contributed by atoms with Crippen LogP contribution in [0.25, 0.3) is 11.1 Å². The van der Waals surface area contributed by atoms with Crippen molar-refractivity contribution < 1.29 is 66.7 Å². The molecule has 4 aromatic carbocycles. The van der Waals surface area contributed by atoms with Gasteiger partial charge in [-0.15, -0.1) is 0 Å². The highest BCUT2D eigenvalue weighted by molar-refractivity contribution is 5.92. The molecule has 0 radical (unpaired) electrons. The van der Waals surface area contributed by atoms with E-state index < -0.39 is 84.4 Å². The Morgan fingerprint density at radius 3 is 1.94 bits per heavy atom.